The second kappa shape index (κ2) is 4.57. The smallest absolute Gasteiger partial charge is 0.145 e. The van der Waals surface area contributed by atoms with Gasteiger partial charge in [-0.05, 0) is 26.7 Å². The Kier molecular flexibility index (Phi) is 3.50. The average molecular weight is 233 g/mol. The molecule has 2 fully saturated rings. The molecule has 4 heteroatoms. The molecule has 1 saturated carbocycles. The van der Waals surface area contributed by atoms with Crippen LogP contribution in [0.5, 0.6) is 0 Å². The van der Waals surface area contributed by atoms with Gasteiger partial charge in [0, 0.05) is 25.0 Å². The van der Waals surface area contributed by atoms with E-state index in [0.29, 0.717) is 0 Å². The highest BCUT2D eigenvalue weighted by atomic mass is 19.2. The highest BCUT2D eigenvalue weighted by Gasteiger charge is 2.46. The van der Waals surface area contributed by atoms with Gasteiger partial charge < -0.3 is 4.74 Å². The fraction of sp³-hybridized carbons (Fsp3) is 1.00. The van der Waals surface area contributed by atoms with Crippen LogP contribution in [0.1, 0.15) is 26.7 Å². The molecule has 1 aliphatic heterocycles. The van der Waals surface area contributed by atoms with Crippen molar-refractivity contribution in [2.45, 2.75) is 45.1 Å². The minimum Gasteiger partial charge on any atom is -0.378 e. The van der Waals surface area contributed by atoms with E-state index in [2.05, 4.69) is 0 Å². The molecular formula is C12H21F2NO. The molecule has 0 spiro atoms. The minimum absolute atomic E-state index is 0.189. The molecule has 0 unspecified atom stereocenters. The summed E-state index contributed by atoms with van der Waals surface area (Å²) in [6.45, 7) is 6.06. The first-order valence-corrected chi connectivity index (χ1v) is 6.13. The first kappa shape index (κ1) is 12.2. The van der Waals surface area contributed by atoms with Crippen molar-refractivity contribution in [2.24, 2.45) is 5.41 Å². The molecule has 16 heavy (non-hydrogen) atoms. The van der Waals surface area contributed by atoms with E-state index in [1.54, 1.807) is 0 Å². The van der Waals surface area contributed by atoms with Gasteiger partial charge in [-0.3, -0.25) is 4.90 Å². The number of alkyl halides is 2. The monoisotopic (exact) mass is 233 g/mol. The molecule has 1 heterocycles. The average Bonchev–Trinajstić information content (AvgIpc) is 2.88. The summed E-state index contributed by atoms with van der Waals surface area (Å²) in [5.74, 6) is 0. The van der Waals surface area contributed by atoms with E-state index in [1.165, 1.54) is 0 Å². The predicted molar refractivity (Wildman–Crippen MR) is 59.0 cm³/mol. The molecule has 2 rings (SSSR count). The van der Waals surface area contributed by atoms with Crippen molar-refractivity contribution in [3.05, 3.63) is 0 Å². The number of nitrogens with zero attached hydrogens (tertiary/aromatic N) is 1. The molecule has 0 aromatic heterocycles. The normalized spacial score (nSPS) is 33.6. The van der Waals surface area contributed by atoms with Crippen LogP contribution in [0.25, 0.3) is 0 Å². The van der Waals surface area contributed by atoms with Crippen LogP contribution in [0.2, 0.25) is 0 Å². The van der Waals surface area contributed by atoms with E-state index >= 15 is 0 Å². The van der Waals surface area contributed by atoms with Crippen LogP contribution in [0.15, 0.2) is 0 Å². The highest BCUT2D eigenvalue weighted by molar-refractivity contribution is 4.98. The van der Waals surface area contributed by atoms with Crippen LogP contribution in [0, 0.1) is 5.41 Å². The molecule has 2 atom stereocenters. The molecule has 0 bridgehead atoms. The predicted octanol–water partition coefficient (Wildman–Crippen LogP) is 2.18. The standard InChI is InChI=1S/C12H21F2NO/c1-9(2)16-8-12(3-4-12)7-15-5-10(13)11(14)6-15/h9-11H,3-8H2,1-2H3/t10-,11+. The maximum Gasteiger partial charge on any atom is 0.145 e. The van der Waals surface area contributed by atoms with Crippen LogP contribution in [-0.2, 0) is 4.74 Å². The van der Waals surface area contributed by atoms with Crippen molar-refractivity contribution in [2.75, 3.05) is 26.2 Å². The third-order valence-corrected chi connectivity index (χ3v) is 3.50. The first-order valence-electron chi connectivity index (χ1n) is 6.13. The quantitative estimate of drug-likeness (QED) is 0.721. The lowest BCUT2D eigenvalue weighted by Gasteiger charge is -2.23. The molecule has 1 saturated heterocycles. The first-order chi connectivity index (χ1) is 7.51. The van der Waals surface area contributed by atoms with E-state index in [9.17, 15) is 8.78 Å². The zero-order chi connectivity index (χ0) is 11.8. The zero-order valence-electron chi connectivity index (χ0n) is 10.1. The van der Waals surface area contributed by atoms with Crippen LogP contribution >= 0.6 is 0 Å². The highest BCUT2D eigenvalue weighted by Crippen LogP contribution is 2.47. The van der Waals surface area contributed by atoms with Crippen molar-refractivity contribution < 1.29 is 13.5 Å². The van der Waals surface area contributed by atoms with E-state index < -0.39 is 12.3 Å². The molecular weight excluding hydrogens is 212 g/mol. The van der Waals surface area contributed by atoms with Gasteiger partial charge in [0.05, 0.1) is 12.7 Å². The molecule has 0 amide bonds. The Bertz CT molecular complexity index is 233. The third-order valence-electron chi connectivity index (χ3n) is 3.50. The molecule has 0 aromatic rings. The van der Waals surface area contributed by atoms with E-state index in [4.69, 9.17) is 4.74 Å². The van der Waals surface area contributed by atoms with Gasteiger partial charge in [-0.2, -0.15) is 0 Å². The van der Waals surface area contributed by atoms with Crippen molar-refractivity contribution >= 4 is 0 Å². The van der Waals surface area contributed by atoms with Gasteiger partial charge in [0.2, 0.25) is 0 Å². The Labute approximate surface area is 95.9 Å². The van der Waals surface area contributed by atoms with Crippen LogP contribution in [0.4, 0.5) is 8.78 Å². The summed E-state index contributed by atoms with van der Waals surface area (Å²) in [6, 6.07) is 0. The van der Waals surface area contributed by atoms with Crippen LogP contribution < -0.4 is 0 Å². The molecule has 0 aromatic carbocycles. The topological polar surface area (TPSA) is 12.5 Å². The summed E-state index contributed by atoms with van der Waals surface area (Å²) in [5, 5.41) is 0. The van der Waals surface area contributed by atoms with Gasteiger partial charge >= 0.3 is 0 Å². The summed E-state index contributed by atoms with van der Waals surface area (Å²) in [6.07, 6.45) is -0.0867. The van der Waals surface area contributed by atoms with Gasteiger partial charge in [0.1, 0.15) is 12.3 Å². The summed E-state index contributed by atoms with van der Waals surface area (Å²) in [7, 11) is 0. The van der Waals surface area contributed by atoms with Gasteiger partial charge in [0.25, 0.3) is 0 Å². The van der Waals surface area contributed by atoms with E-state index in [-0.39, 0.29) is 24.6 Å². The summed E-state index contributed by atoms with van der Waals surface area (Å²) < 4.78 is 31.7. The van der Waals surface area contributed by atoms with Crippen molar-refractivity contribution in [3.63, 3.8) is 0 Å². The Morgan fingerprint density at radius 3 is 2.25 bits per heavy atom. The van der Waals surface area contributed by atoms with Crippen molar-refractivity contribution in [1.29, 1.82) is 0 Å². The maximum absolute atomic E-state index is 13.0. The fourth-order valence-corrected chi connectivity index (χ4v) is 2.27. The summed E-state index contributed by atoms with van der Waals surface area (Å²) in [4.78, 5) is 1.91. The molecule has 94 valence electrons. The number of rotatable bonds is 5. The number of hydrogen-bond acceptors (Lipinski definition) is 2. The lowest BCUT2D eigenvalue weighted by molar-refractivity contribution is 0.0326. The molecule has 2 aliphatic rings. The molecule has 2 nitrogen and oxygen atoms in total. The van der Waals surface area contributed by atoms with Crippen molar-refractivity contribution in [1.82, 2.24) is 4.90 Å². The van der Waals surface area contributed by atoms with E-state index in [0.717, 1.165) is 26.0 Å². The Hall–Kier alpha value is -0.220. The number of ether oxygens (including phenoxy) is 1. The fourth-order valence-electron chi connectivity index (χ4n) is 2.27. The van der Waals surface area contributed by atoms with Crippen LogP contribution in [0.3, 0.4) is 0 Å². The Morgan fingerprint density at radius 2 is 1.81 bits per heavy atom. The summed E-state index contributed by atoms with van der Waals surface area (Å²) >= 11 is 0. The van der Waals surface area contributed by atoms with Crippen molar-refractivity contribution in [3.8, 4) is 0 Å². The molecule has 0 N–H and O–H groups in total. The van der Waals surface area contributed by atoms with Gasteiger partial charge in [-0.1, -0.05) is 0 Å². The minimum atomic E-state index is -1.29. The van der Waals surface area contributed by atoms with Crippen LogP contribution in [-0.4, -0.2) is 49.6 Å². The second-order valence-electron chi connectivity index (χ2n) is 5.59. The second-order valence-corrected chi connectivity index (χ2v) is 5.59. The zero-order valence-corrected chi connectivity index (χ0v) is 10.1. The Morgan fingerprint density at radius 1 is 1.25 bits per heavy atom. The number of halogens is 2. The largest absolute Gasteiger partial charge is 0.378 e. The Balaban J connectivity index is 1.77. The van der Waals surface area contributed by atoms with Gasteiger partial charge in [-0.15, -0.1) is 0 Å². The lowest BCUT2D eigenvalue weighted by atomic mass is 10.1. The molecule has 1 aliphatic carbocycles. The maximum atomic E-state index is 13.0. The van der Waals surface area contributed by atoms with Gasteiger partial charge in [0.15, 0.2) is 0 Å². The van der Waals surface area contributed by atoms with E-state index in [1.807, 2.05) is 18.7 Å². The van der Waals surface area contributed by atoms with Gasteiger partial charge in [-0.25, -0.2) is 8.78 Å². The number of likely N-dealkylation sites (tertiary alicyclic amines) is 1. The summed E-state index contributed by atoms with van der Waals surface area (Å²) in [5.41, 5.74) is 0.189. The lowest BCUT2D eigenvalue weighted by Crippen LogP contribution is -2.32. The number of hydrogen-bond donors (Lipinski definition) is 0. The third kappa shape index (κ3) is 2.92. The molecule has 0 radical (unpaired) electrons. The SMILES string of the molecule is CC(C)OCC1(CN2C[C@@H](F)[C@@H](F)C2)CC1.